The molecule has 1 fully saturated rings. The van der Waals surface area contributed by atoms with Gasteiger partial charge in [-0.1, -0.05) is 54.6 Å². The number of piperidine rings is 1. The molecule has 32 heavy (non-hydrogen) atoms. The van der Waals surface area contributed by atoms with Crippen LogP contribution in [0.3, 0.4) is 0 Å². The zero-order chi connectivity index (χ0) is 22.3. The van der Waals surface area contributed by atoms with Gasteiger partial charge in [0.25, 0.3) is 0 Å². The van der Waals surface area contributed by atoms with Crippen molar-refractivity contribution in [1.29, 1.82) is 0 Å². The normalized spacial score (nSPS) is 19.9. The van der Waals surface area contributed by atoms with Gasteiger partial charge >= 0.3 is 6.18 Å². The highest BCUT2D eigenvalue weighted by Gasteiger charge is 2.43. The van der Waals surface area contributed by atoms with E-state index in [0.717, 1.165) is 37.1 Å². The summed E-state index contributed by atoms with van der Waals surface area (Å²) in [4.78, 5) is 6.86. The molecule has 5 rings (SSSR count). The summed E-state index contributed by atoms with van der Waals surface area (Å²) in [5.41, 5.74) is 1.69. The monoisotopic (exact) mass is 441 g/mol. The maximum atomic E-state index is 14.3. The highest BCUT2D eigenvalue weighted by Crippen LogP contribution is 2.43. The Morgan fingerprint density at radius 1 is 0.938 bits per heavy atom. The molecular formula is C25H26F3N3O. The maximum Gasteiger partial charge on any atom is 0.433 e. The molecule has 2 aliphatic rings. The van der Waals surface area contributed by atoms with Crippen molar-refractivity contribution >= 4 is 0 Å². The molecule has 1 aromatic heterocycles. The summed E-state index contributed by atoms with van der Waals surface area (Å²) in [5, 5.41) is 0. The lowest BCUT2D eigenvalue weighted by Crippen LogP contribution is -2.35. The number of hydrogen-bond acceptors (Lipinski definition) is 3. The summed E-state index contributed by atoms with van der Waals surface area (Å²) < 4.78 is 50.9. The first-order valence-electron chi connectivity index (χ1n) is 11.1. The molecule has 7 heteroatoms. The van der Waals surface area contributed by atoms with Crippen LogP contribution in [-0.2, 0) is 23.9 Å². The van der Waals surface area contributed by atoms with Crippen molar-refractivity contribution in [3.63, 3.8) is 0 Å². The number of benzene rings is 2. The molecule has 1 unspecified atom stereocenters. The van der Waals surface area contributed by atoms with Crippen molar-refractivity contribution in [2.24, 2.45) is 0 Å². The molecule has 3 heterocycles. The molecule has 0 radical (unpaired) electrons. The first kappa shape index (κ1) is 21.2. The van der Waals surface area contributed by atoms with Crippen molar-refractivity contribution in [2.45, 2.75) is 44.2 Å². The van der Waals surface area contributed by atoms with Gasteiger partial charge in [-0.15, -0.1) is 0 Å². The van der Waals surface area contributed by atoms with Gasteiger partial charge in [-0.25, -0.2) is 4.98 Å². The van der Waals surface area contributed by atoms with Crippen LogP contribution in [0.5, 0.6) is 0 Å². The number of rotatable bonds is 3. The first-order chi connectivity index (χ1) is 15.4. The van der Waals surface area contributed by atoms with Crippen molar-refractivity contribution in [3.8, 4) is 11.3 Å². The Kier molecular flexibility index (Phi) is 5.55. The molecule has 1 saturated heterocycles. The fourth-order valence-electron chi connectivity index (χ4n) is 4.82. The number of nitrogens with zero attached hydrogens (tertiary/aromatic N) is 3. The summed E-state index contributed by atoms with van der Waals surface area (Å²) in [6.07, 6.45) is -2.95. The Bertz CT molecular complexity index is 1090. The van der Waals surface area contributed by atoms with Crippen LogP contribution in [0.15, 0.2) is 54.6 Å². The average molecular weight is 441 g/mol. The highest BCUT2D eigenvalue weighted by molar-refractivity contribution is 5.63. The van der Waals surface area contributed by atoms with Gasteiger partial charge in [-0.2, -0.15) is 13.2 Å². The van der Waals surface area contributed by atoms with E-state index in [4.69, 9.17) is 4.74 Å². The van der Waals surface area contributed by atoms with Gasteiger partial charge in [0, 0.05) is 25.2 Å². The number of halogens is 3. The third kappa shape index (κ3) is 3.95. The van der Waals surface area contributed by atoms with Crippen LogP contribution in [0.1, 0.15) is 41.6 Å². The summed E-state index contributed by atoms with van der Waals surface area (Å²) in [5.74, 6) is 0.347. The molecule has 1 atom stereocenters. The highest BCUT2D eigenvalue weighted by atomic mass is 19.4. The number of ether oxygens (including phenoxy) is 1. The molecule has 2 aliphatic heterocycles. The molecule has 168 valence electrons. The minimum absolute atomic E-state index is 0.0120. The van der Waals surface area contributed by atoms with Crippen molar-refractivity contribution in [2.75, 3.05) is 20.1 Å². The zero-order valence-corrected chi connectivity index (χ0v) is 18.0. The number of imidazole rings is 1. The lowest BCUT2D eigenvalue weighted by Gasteiger charge is -2.32. The van der Waals surface area contributed by atoms with Crippen LogP contribution in [0.25, 0.3) is 11.3 Å². The first-order valence-corrected chi connectivity index (χ1v) is 11.1. The minimum Gasteiger partial charge on any atom is -0.362 e. The second-order valence-corrected chi connectivity index (χ2v) is 8.65. The largest absolute Gasteiger partial charge is 0.433 e. The summed E-state index contributed by atoms with van der Waals surface area (Å²) in [6.45, 7) is 2.04. The van der Waals surface area contributed by atoms with Crippen molar-refractivity contribution < 1.29 is 17.9 Å². The Hall–Kier alpha value is -2.64. The van der Waals surface area contributed by atoms with Gasteiger partial charge in [0.1, 0.15) is 17.6 Å². The average Bonchev–Trinajstić information content (AvgIpc) is 3.11. The van der Waals surface area contributed by atoms with Gasteiger partial charge in [-0.05, 0) is 37.4 Å². The van der Waals surface area contributed by atoms with Crippen molar-refractivity contribution in [1.82, 2.24) is 14.5 Å². The minimum atomic E-state index is -4.52. The van der Waals surface area contributed by atoms with E-state index in [9.17, 15) is 13.2 Å². The SMILES string of the molecule is CN1CCC(OC2c3ccccc3CCn3c2nc(-c2ccccc2)c3C(F)(F)F)CC1. The fraction of sp³-hybridized carbons (Fsp3) is 0.400. The zero-order valence-electron chi connectivity index (χ0n) is 18.0. The molecule has 4 nitrogen and oxygen atoms in total. The third-order valence-electron chi connectivity index (χ3n) is 6.48. The van der Waals surface area contributed by atoms with E-state index in [0.29, 0.717) is 17.8 Å². The number of fused-ring (bicyclic) bond motifs is 2. The van der Waals surface area contributed by atoms with E-state index in [1.807, 2.05) is 24.3 Å². The molecule has 0 N–H and O–H groups in total. The van der Waals surface area contributed by atoms with Crippen LogP contribution in [0, 0.1) is 0 Å². The molecular weight excluding hydrogens is 415 g/mol. The van der Waals surface area contributed by atoms with Gasteiger partial charge in [0.2, 0.25) is 0 Å². The van der Waals surface area contributed by atoms with Crippen molar-refractivity contribution in [3.05, 3.63) is 77.2 Å². The van der Waals surface area contributed by atoms with Gasteiger partial charge in [0.15, 0.2) is 5.69 Å². The number of aromatic nitrogens is 2. The predicted molar refractivity (Wildman–Crippen MR) is 116 cm³/mol. The number of alkyl halides is 3. The topological polar surface area (TPSA) is 30.3 Å². The lowest BCUT2D eigenvalue weighted by molar-refractivity contribution is -0.143. The van der Waals surface area contributed by atoms with E-state index < -0.39 is 18.0 Å². The summed E-state index contributed by atoms with van der Waals surface area (Å²) >= 11 is 0. The van der Waals surface area contributed by atoms with E-state index in [-0.39, 0.29) is 18.3 Å². The summed E-state index contributed by atoms with van der Waals surface area (Å²) in [7, 11) is 2.08. The standard InChI is InChI=1S/C25H26F3N3O/c1-30-14-12-19(13-15-30)32-22-20-10-6-5-7-17(20)11-16-31-23(25(26,27)28)21(29-24(22)31)18-8-3-2-4-9-18/h2-10,19,22H,11-16H2,1H3. The fourth-order valence-corrected chi connectivity index (χ4v) is 4.82. The predicted octanol–water partition coefficient (Wildman–Crippen LogP) is 5.33. The van der Waals surface area contributed by atoms with Crippen LogP contribution < -0.4 is 0 Å². The van der Waals surface area contributed by atoms with Crippen LogP contribution in [0.2, 0.25) is 0 Å². The maximum absolute atomic E-state index is 14.3. The van der Waals surface area contributed by atoms with Gasteiger partial charge in [0.05, 0.1) is 6.10 Å². The molecule has 0 aliphatic carbocycles. The molecule has 3 aromatic rings. The number of likely N-dealkylation sites (tertiary alicyclic amines) is 1. The van der Waals surface area contributed by atoms with Gasteiger partial charge < -0.3 is 14.2 Å². The number of hydrogen-bond donors (Lipinski definition) is 0. The third-order valence-corrected chi connectivity index (χ3v) is 6.48. The lowest BCUT2D eigenvalue weighted by atomic mass is 10.00. The van der Waals surface area contributed by atoms with Crippen LogP contribution in [-0.4, -0.2) is 40.7 Å². The molecule has 2 aromatic carbocycles. The second-order valence-electron chi connectivity index (χ2n) is 8.65. The Morgan fingerprint density at radius 2 is 1.62 bits per heavy atom. The second kappa shape index (κ2) is 8.37. The number of aryl methyl sites for hydroxylation is 1. The molecule has 0 amide bonds. The van der Waals surface area contributed by atoms with E-state index >= 15 is 0 Å². The van der Waals surface area contributed by atoms with E-state index in [2.05, 4.69) is 16.9 Å². The quantitative estimate of drug-likeness (QED) is 0.551. The summed E-state index contributed by atoms with van der Waals surface area (Å²) in [6, 6.07) is 16.4. The molecule has 0 spiro atoms. The van der Waals surface area contributed by atoms with Crippen LogP contribution in [0.4, 0.5) is 13.2 Å². The Morgan fingerprint density at radius 3 is 2.34 bits per heavy atom. The smallest absolute Gasteiger partial charge is 0.362 e. The molecule has 0 bridgehead atoms. The van der Waals surface area contributed by atoms with Gasteiger partial charge in [-0.3, -0.25) is 0 Å². The van der Waals surface area contributed by atoms with Crippen LogP contribution >= 0.6 is 0 Å². The van der Waals surface area contributed by atoms with E-state index in [1.165, 1.54) is 4.57 Å². The Balaban J connectivity index is 1.65. The molecule has 0 saturated carbocycles. The Labute approximate surface area is 185 Å². The van der Waals surface area contributed by atoms with E-state index in [1.54, 1.807) is 30.3 Å².